The average molecular weight is 453 g/mol. The number of rotatable bonds is 3. The molecule has 2 aromatic carbocycles. The zero-order valence-corrected chi connectivity index (χ0v) is 17.8. The quantitative estimate of drug-likeness (QED) is 0.583. The van der Waals surface area contributed by atoms with Gasteiger partial charge in [-0.3, -0.25) is 4.79 Å². The Morgan fingerprint density at radius 3 is 2.31 bits per heavy atom. The van der Waals surface area contributed by atoms with Crippen molar-refractivity contribution in [2.24, 2.45) is 0 Å². The summed E-state index contributed by atoms with van der Waals surface area (Å²) in [5.41, 5.74) is 0.463. The number of carbonyl (C=O) groups is 2. The summed E-state index contributed by atoms with van der Waals surface area (Å²) in [4.78, 5) is 27.3. The lowest BCUT2D eigenvalue weighted by atomic mass is 9.65. The lowest BCUT2D eigenvalue weighted by molar-refractivity contribution is -0.128. The molecule has 3 unspecified atom stereocenters. The lowest BCUT2D eigenvalue weighted by Gasteiger charge is -2.47. The summed E-state index contributed by atoms with van der Waals surface area (Å²) in [5.74, 6) is -0.680. The van der Waals surface area contributed by atoms with Gasteiger partial charge in [0, 0.05) is 5.38 Å². The van der Waals surface area contributed by atoms with Gasteiger partial charge in [0.25, 0.3) is 5.91 Å². The van der Waals surface area contributed by atoms with Gasteiger partial charge >= 0.3 is 6.09 Å². The van der Waals surface area contributed by atoms with E-state index in [-0.39, 0.29) is 6.61 Å². The van der Waals surface area contributed by atoms with Gasteiger partial charge in [0.05, 0.1) is 11.5 Å². The van der Waals surface area contributed by atoms with Gasteiger partial charge in [-0.15, -0.1) is 11.6 Å². The number of fused-ring (bicyclic) bond motifs is 1. The predicted molar refractivity (Wildman–Crippen MR) is 113 cm³/mol. The van der Waals surface area contributed by atoms with Crippen LogP contribution in [0.3, 0.4) is 0 Å². The molecule has 0 aromatic heterocycles. The van der Waals surface area contributed by atoms with Gasteiger partial charge in [0.15, 0.2) is 0 Å². The smallest absolute Gasteiger partial charge is 0.417 e. The van der Waals surface area contributed by atoms with Crippen LogP contribution in [0.25, 0.3) is 0 Å². The first kappa shape index (κ1) is 20.5. The molecule has 4 rings (SSSR count). The molecule has 1 heterocycles. The molecule has 29 heavy (non-hydrogen) atoms. The Morgan fingerprint density at radius 2 is 1.66 bits per heavy atom. The number of imide groups is 1. The van der Waals surface area contributed by atoms with Crippen molar-refractivity contribution in [2.45, 2.75) is 47.0 Å². The molecule has 2 fully saturated rings. The van der Waals surface area contributed by atoms with Crippen molar-refractivity contribution in [3.05, 3.63) is 71.8 Å². The Kier molecular flexibility index (Phi) is 5.54. The number of halogens is 3. The topological polar surface area (TPSA) is 46.6 Å². The molecule has 0 radical (unpaired) electrons. The summed E-state index contributed by atoms with van der Waals surface area (Å²) in [7, 11) is 0. The summed E-state index contributed by atoms with van der Waals surface area (Å²) >= 11 is 20.2. The molecular weight excluding hydrogens is 433 g/mol. The first-order chi connectivity index (χ1) is 13.9. The number of ether oxygens (including phenoxy) is 1. The van der Waals surface area contributed by atoms with Crippen molar-refractivity contribution >= 4 is 46.8 Å². The third-order valence-electron chi connectivity index (χ3n) is 5.93. The van der Waals surface area contributed by atoms with E-state index in [1.54, 1.807) is 0 Å². The van der Waals surface area contributed by atoms with Crippen LogP contribution in [0.4, 0.5) is 4.79 Å². The van der Waals surface area contributed by atoms with Gasteiger partial charge in [0.2, 0.25) is 4.33 Å². The summed E-state index contributed by atoms with van der Waals surface area (Å²) in [6.45, 7) is 0.0520. The van der Waals surface area contributed by atoms with Crippen LogP contribution in [0, 0.1) is 0 Å². The number of alkyl halides is 3. The molecule has 0 N–H and O–H groups in total. The molecule has 152 valence electrons. The van der Waals surface area contributed by atoms with Crippen LogP contribution in [-0.2, 0) is 21.6 Å². The lowest BCUT2D eigenvalue weighted by Crippen LogP contribution is -2.57. The van der Waals surface area contributed by atoms with E-state index < -0.39 is 33.2 Å². The maximum atomic E-state index is 13.3. The Morgan fingerprint density at radius 1 is 1.03 bits per heavy atom. The fraction of sp³-hybridized carbons (Fsp3) is 0.364. The van der Waals surface area contributed by atoms with E-state index >= 15 is 0 Å². The molecule has 1 aliphatic heterocycles. The number of hydrogen-bond acceptors (Lipinski definition) is 3. The molecule has 0 spiro atoms. The highest BCUT2D eigenvalue weighted by atomic mass is 35.5. The summed E-state index contributed by atoms with van der Waals surface area (Å²) < 4.78 is 3.57. The van der Waals surface area contributed by atoms with Crippen molar-refractivity contribution in [1.82, 2.24) is 4.90 Å². The molecule has 1 aliphatic carbocycles. The molecule has 2 amide bonds. The molecule has 2 aliphatic rings. The Bertz CT molecular complexity index is 906. The highest BCUT2D eigenvalue weighted by molar-refractivity contribution is 6.60. The first-order valence-corrected chi connectivity index (χ1v) is 10.7. The standard InChI is InChI=1S/C22H20Cl3NO3/c23-17-12-7-13-18-21(17,16-10-5-2-6-11-16)22(24,25)19(27)26(18)20(28)29-14-15-8-3-1-4-9-15/h1-6,8-11,17-18H,7,12-14H2. The zero-order chi connectivity index (χ0) is 20.6. The largest absolute Gasteiger partial charge is 0.444 e. The van der Waals surface area contributed by atoms with Crippen molar-refractivity contribution in [2.75, 3.05) is 0 Å². The van der Waals surface area contributed by atoms with Crippen LogP contribution >= 0.6 is 34.8 Å². The molecule has 3 atom stereocenters. The maximum Gasteiger partial charge on any atom is 0.417 e. The SMILES string of the molecule is O=C(OCc1ccccc1)N1C(=O)C(Cl)(Cl)C2(c3ccccc3)C(Cl)CCCC12. The highest BCUT2D eigenvalue weighted by Gasteiger charge is 2.73. The molecule has 1 saturated heterocycles. The van der Waals surface area contributed by atoms with E-state index in [0.29, 0.717) is 12.8 Å². The van der Waals surface area contributed by atoms with E-state index in [4.69, 9.17) is 39.5 Å². The number of carbonyl (C=O) groups excluding carboxylic acids is 2. The van der Waals surface area contributed by atoms with Crippen LogP contribution in [0.2, 0.25) is 0 Å². The van der Waals surface area contributed by atoms with Crippen LogP contribution in [0.1, 0.15) is 30.4 Å². The average Bonchev–Trinajstić information content (AvgIpc) is 2.92. The molecule has 2 aromatic rings. The van der Waals surface area contributed by atoms with E-state index in [2.05, 4.69) is 0 Å². The molecule has 4 nitrogen and oxygen atoms in total. The van der Waals surface area contributed by atoms with Crippen LogP contribution in [-0.4, -0.2) is 32.7 Å². The second kappa shape index (κ2) is 7.82. The number of amides is 2. The van der Waals surface area contributed by atoms with Gasteiger partial charge in [-0.1, -0.05) is 83.9 Å². The third kappa shape index (κ3) is 3.13. The minimum Gasteiger partial charge on any atom is -0.444 e. The number of benzene rings is 2. The molecular formula is C22H20Cl3NO3. The van der Waals surface area contributed by atoms with Crippen molar-refractivity contribution in [3.63, 3.8) is 0 Å². The van der Waals surface area contributed by atoms with Gasteiger partial charge in [-0.05, 0) is 30.4 Å². The van der Waals surface area contributed by atoms with Crippen molar-refractivity contribution in [3.8, 4) is 0 Å². The Labute approximate surface area is 184 Å². The highest BCUT2D eigenvalue weighted by Crippen LogP contribution is 2.60. The number of nitrogens with zero attached hydrogens (tertiary/aromatic N) is 1. The molecule has 0 bridgehead atoms. The molecule has 7 heteroatoms. The summed E-state index contributed by atoms with van der Waals surface area (Å²) in [6, 6.07) is 18.0. The number of hydrogen-bond donors (Lipinski definition) is 0. The normalized spacial score (nSPS) is 28.1. The second-order valence-corrected chi connectivity index (χ2v) is 9.29. The maximum absolute atomic E-state index is 13.3. The van der Waals surface area contributed by atoms with Gasteiger partial charge < -0.3 is 4.74 Å². The van der Waals surface area contributed by atoms with Gasteiger partial charge in [-0.2, -0.15) is 0 Å². The summed E-state index contributed by atoms with van der Waals surface area (Å²) in [5, 5.41) is -0.505. The monoisotopic (exact) mass is 451 g/mol. The summed E-state index contributed by atoms with van der Waals surface area (Å²) in [6.07, 6.45) is 1.21. The second-order valence-electron chi connectivity index (χ2n) is 7.44. The minimum absolute atomic E-state index is 0.0520. The molecule has 1 saturated carbocycles. The third-order valence-corrected chi connectivity index (χ3v) is 7.44. The van der Waals surface area contributed by atoms with Crippen molar-refractivity contribution in [1.29, 1.82) is 0 Å². The van der Waals surface area contributed by atoms with E-state index in [1.807, 2.05) is 60.7 Å². The van der Waals surface area contributed by atoms with Crippen molar-refractivity contribution < 1.29 is 14.3 Å². The fourth-order valence-electron chi connectivity index (χ4n) is 4.63. The zero-order valence-electron chi connectivity index (χ0n) is 15.6. The van der Waals surface area contributed by atoms with Gasteiger partial charge in [0.1, 0.15) is 6.61 Å². The van der Waals surface area contributed by atoms with Crippen LogP contribution in [0.5, 0.6) is 0 Å². The first-order valence-electron chi connectivity index (χ1n) is 9.52. The van der Waals surface area contributed by atoms with E-state index in [0.717, 1.165) is 22.4 Å². The Hall–Kier alpha value is -1.75. The van der Waals surface area contributed by atoms with Gasteiger partial charge in [-0.25, -0.2) is 9.69 Å². The number of likely N-dealkylation sites (tertiary alicyclic amines) is 1. The van der Waals surface area contributed by atoms with E-state index in [9.17, 15) is 9.59 Å². The van der Waals surface area contributed by atoms with Crippen LogP contribution in [0.15, 0.2) is 60.7 Å². The minimum atomic E-state index is -1.88. The van der Waals surface area contributed by atoms with E-state index in [1.165, 1.54) is 0 Å². The Balaban J connectivity index is 1.71. The fourth-order valence-corrected chi connectivity index (χ4v) is 6.25. The predicted octanol–water partition coefficient (Wildman–Crippen LogP) is 5.44. The van der Waals surface area contributed by atoms with Crippen LogP contribution < -0.4 is 0 Å².